The summed E-state index contributed by atoms with van der Waals surface area (Å²) in [5.41, 5.74) is 5.77. The zero-order chi connectivity index (χ0) is 13.8. The molecule has 0 atom stereocenters. The van der Waals surface area contributed by atoms with Gasteiger partial charge in [-0.25, -0.2) is 0 Å². The fourth-order valence-electron chi connectivity index (χ4n) is 1.50. The van der Waals surface area contributed by atoms with Crippen LogP contribution in [0.4, 0.5) is 10.8 Å². The number of amides is 1. The molecule has 0 aliphatic rings. The number of carbonyl (C=O) groups excluding carboxylic acids is 1. The lowest BCUT2D eigenvalue weighted by molar-refractivity contribution is 0.000727. The number of nitrogen functional groups attached to an aromatic ring is 1. The minimum atomic E-state index is -0.312. The van der Waals surface area contributed by atoms with Gasteiger partial charge in [0, 0.05) is 20.2 Å². The molecule has 102 valence electrons. The molecular formula is C11H20N4O2S. The van der Waals surface area contributed by atoms with Crippen molar-refractivity contribution in [1.29, 1.82) is 0 Å². The summed E-state index contributed by atoms with van der Waals surface area (Å²) in [5, 5.41) is 6.38. The average molecular weight is 272 g/mol. The second kappa shape index (κ2) is 6.01. The van der Waals surface area contributed by atoms with Gasteiger partial charge < -0.3 is 21.1 Å². The molecule has 1 aromatic heterocycles. The number of aromatic nitrogens is 1. The summed E-state index contributed by atoms with van der Waals surface area (Å²) in [5.74, 6) is 0.00836. The summed E-state index contributed by atoms with van der Waals surface area (Å²) in [4.78, 5) is 11.7. The standard InChI is InChI=1S/C11H20N4O2S/c1-5-17-11(2,3)6-14-10-7(9(16)13-4)8(12)15-18-10/h14H,5-6H2,1-4H3,(H2,12,15)(H,13,16). The quantitative estimate of drug-likeness (QED) is 0.726. The molecule has 0 fully saturated rings. The number of nitrogens with zero attached hydrogens (tertiary/aromatic N) is 1. The Morgan fingerprint density at radius 3 is 2.78 bits per heavy atom. The maximum Gasteiger partial charge on any atom is 0.257 e. The van der Waals surface area contributed by atoms with E-state index in [0.717, 1.165) is 0 Å². The summed E-state index contributed by atoms with van der Waals surface area (Å²) >= 11 is 1.18. The molecule has 1 amide bonds. The smallest absolute Gasteiger partial charge is 0.257 e. The van der Waals surface area contributed by atoms with Crippen LogP contribution in [0.25, 0.3) is 0 Å². The van der Waals surface area contributed by atoms with Crippen molar-refractivity contribution in [1.82, 2.24) is 9.69 Å². The van der Waals surface area contributed by atoms with Crippen molar-refractivity contribution in [2.75, 3.05) is 31.2 Å². The van der Waals surface area contributed by atoms with Crippen LogP contribution in [0, 0.1) is 0 Å². The monoisotopic (exact) mass is 272 g/mol. The second-order valence-electron chi connectivity index (χ2n) is 4.40. The molecule has 7 heteroatoms. The van der Waals surface area contributed by atoms with E-state index in [1.807, 2.05) is 20.8 Å². The molecule has 0 radical (unpaired) electrons. The van der Waals surface area contributed by atoms with Crippen LogP contribution in [0.1, 0.15) is 31.1 Å². The van der Waals surface area contributed by atoms with Gasteiger partial charge in [0.05, 0.1) is 5.60 Å². The van der Waals surface area contributed by atoms with Crippen molar-refractivity contribution in [3.63, 3.8) is 0 Å². The Morgan fingerprint density at radius 2 is 2.22 bits per heavy atom. The Labute approximate surface area is 111 Å². The van der Waals surface area contributed by atoms with Crippen LogP contribution in [0.3, 0.4) is 0 Å². The van der Waals surface area contributed by atoms with Gasteiger partial charge in [-0.05, 0) is 32.3 Å². The number of nitrogens with one attached hydrogen (secondary N) is 2. The molecule has 1 aromatic rings. The molecule has 0 saturated carbocycles. The fourth-order valence-corrected chi connectivity index (χ4v) is 2.21. The average Bonchev–Trinajstić information content (AvgIpc) is 2.67. The van der Waals surface area contributed by atoms with Crippen molar-refractivity contribution in [3.05, 3.63) is 5.56 Å². The molecule has 0 spiro atoms. The number of hydrogen-bond donors (Lipinski definition) is 3. The lowest BCUT2D eigenvalue weighted by Gasteiger charge is -2.25. The molecule has 0 aromatic carbocycles. The predicted octanol–water partition coefficient (Wildman–Crippen LogP) is 1.31. The highest BCUT2D eigenvalue weighted by atomic mass is 32.1. The van der Waals surface area contributed by atoms with Gasteiger partial charge in [-0.2, -0.15) is 4.37 Å². The van der Waals surface area contributed by atoms with Crippen LogP contribution in [-0.4, -0.2) is 36.1 Å². The van der Waals surface area contributed by atoms with E-state index in [9.17, 15) is 4.79 Å². The number of hydrogen-bond acceptors (Lipinski definition) is 6. The Morgan fingerprint density at radius 1 is 1.56 bits per heavy atom. The SMILES string of the molecule is CCOC(C)(C)CNc1snc(N)c1C(=O)NC. The molecule has 0 aliphatic carbocycles. The Bertz CT molecular complexity index is 417. The number of nitrogens with two attached hydrogens (primary N) is 1. The summed E-state index contributed by atoms with van der Waals surface area (Å²) in [6.45, 7) is 7.12. The molecule has 0 saturated heterocycles. The third kappa shape index (κ3) is 3.58. The maximum atomic E-state index is 11.7. The molecule has 4 N–H and O–H groups in total. The third-order valence-electron chi connectivity index (χ3n) is 2.38. The highest BCUT2D eigenvalue weighted by Gasteiger charge is 2.22. The highest BCUT2D eigenvalue weighted by molar-refractivity contribution is 7.11. The molecule has 18 heavy (non-hydrogen) atoms. The van der Waals surface area contributed by atoms with Crippen molar-refractivity contribution in [3.8, 4) is 0 Å². The predicted molar refractivity (Wildman–Crippen MR) is 74.1 cm³/mol. The molecule has 6 nitrogen and oxygen atoms in total. The summed E-state index contributed by atoms with van der Waals surface area (Å²) in [6, 6.07) is 0. The second-order valence-corrected chi connectivity index (χ2v) is 5.17. The largest absolute Gasteiger partial charge is 0.382 e. The van der Waals surface area contributed by atoms with E-state index in [-0.39, 0.29) is 17.3 Å². The normalized spacial score (nSPS) is 11.3. The van der Waals surface area contributed by atoms with E-state index in [2.05, 4.69) is 15.0 Å². The Balaban J connectivity index is 2.77. The summed E-state index contributed by atoms with van der Waals surface area (Å²) < 4.78 is 9.56. The number of anilines is 2. The zero-order valence-corrected chi connectivity index (χ0v) is 12.0. The van der Waals surface area contributed by atoms with Crippen LogP contribution in [0.5, 0.6) is 0 Å². The first-order valence-corrected chi connectivity index (χ1v) is 6.53. The van der Waals surface area contributed by atoms with Gasteiger partial charge in [0.25, 0.3) is 5.91 Å². The molecule has 1 heterocycles. The molecular weight excluding hydrogens is 252 g/mol. The van der Waals surface area contributed by atoms with Gasteiger partial charge in [0.1, 0.15) is 10.6 Å². The van der Waals surface area contributed by atoms with Crippen LogP contribution >= 0.6 is 11.5 Å². The van der Waals surface area contributed by atoms with Gasteiger partial charge in [-0.15, -0.1) is 0 Å². The van der Waals surface area contributed by atoms with E-state index < -0.39 is 0 Å². The number of rotatable bonds is 6. The molecule has 0 unspecified atom stereocenters. The molecule has 0 bridgehead atoms. The first-order valence-electron chi connectivity index (χ1n) is 5.76. The minimum absolute atomic E-state index is 0.238. The van der Waals surface area contributed by atoms with E-state index >= 15 is 0 Å². The maximum absolute atomic E-state index is 11.7. The van der Waals surface area contributed by atoms with Gasteiger partial charge in [0.2, 0.25) is 0 Å². The van der Waals surface area contributed by atoms with Crippen molar-refractivity contribution in [2.45, 2.75) is 26.4 Å². The zero-order valence-electron chi connectivity index (χ0n) is 11.2. The minimum Gasteiger partial charge on any atom is -0.382 e. The van der Waals surface area contributed by atoms with Crippen LogP contribution in [0.15, 0.2) is 0 Å². The molecule has 0 aliphatic heterocycles. The first kappa shape index (κ1) is 14.7. The Hall–Kier alpha value is -1.34. The fraction of sp³-hybridized carbons (Fsp3) is 0.636. The van der Waals surface area contributed by atoms with Gasteiger partial charge in [0.15, 0.2) is 5.82 Å². The van der Waals surface area contributed by atoms with Crippen molar-refractivity contribution < 1.29 is 9.53 Å². The van der Waals surface area contributed by atoms with Crippen LogP contribution in [0.2, 0.25) is 0 Å². The van der Waals surface area contributed by atoms with E-state index in [1.54, 1.807) is 7.05 Å². The lowest BCUT2D eigenvalue weighted by atomic mass is 10.1. The molecule has 1 rings (SSSR count). The Kier molecular flexibility index (Phi) is 4.92. The summed E-state index contributed by atoms with van der Waals surface area (Å²) in [7, 11) is 1.56. The van der Waals surface area contributed by atoms with Crippen LogP contribution < -0.4 is 16.4 Å². The highest BCUT2D eigenvalue weighted by Crippen LogP contribution is 2.27. The van der Waals surface area contributed by atoms with E-state index in [1.165, 1.54) is 11.5 Å². The van der Waals surface area contributed by atoms with Crippen molar-refractivity contribution in [2.24, 2.45) is 0 Å². The summed E-state index contributed by atoms with van der Waals surface area (Å²) in [6.07, 6.45) is 0. The van der Waals surface area contributed by atoms with E-state index in [4.69, 9.17) is 10.5 Å². The van der Waals surface area contributed by atoms with Gasteiger partial charge in [-0.1, -0.05) is 0 Å². The van der Waals surface area contributed by atoms with Crippen LogP contribution in [-0.2, 0) is 4.74 Å². The lowest BCUT2D eigenvalue weighted by Crippen LogP contribution is -2.33. The first-order chi connectivity index (χ1) is 8.41. The van der Waals surface area contributed by atoms with Gasteiger partial charge >= 0.3 is 0 Å². The van der Waals surface area contributed by atoms with E-state index in [0.29, 0.717) is 23.7 Å². The number of ether oxygens (including phenoxy) is 1. The third-order valence-corrected chi connectivity index (χ3v) is 3.20. The van der Waals surface area contributed by atoms with Crippen molar-refractivity contribution >= 4 is 28.3 Å². The number of carbonyl (C=O) groups is 1. The topological polar surface area (TPSA) is 89.3 Å². The van der Waals surface area contributed by atoms with Gasteiger partial charge in [-0.3, -0.25) is 4.79 Å².